The van der Waals surface area contributed by atoms with Gasteiger partial charge in [-0.1, -0.05) is 138 Å². The van der Waals surface area contributed by atoms with Crippen LogP contribution in [0.2, 0.25) is 0 Å². The minimum Gasteiger partial charge on any atom is -0.457 e. The molecule has 0 aliphatic carbocycles. The summed E-state index contributed by atoms with van der Waals surface area (Å²) < 4.78 is 24.4. The van der Waals surface area contributed by atoms with Gasteiger partial charge in [0, 0.05) is 81.0 Å². The average Bonchev–Trinajstić information content (AvgIpc) is 3.33. The highest BCUT2D eigenvalue weighted by Gasteiger charge is 2.28. The zero-order valence-corrected chi connectivity index (χ0v) is 44.6. The number of para-hydroxylation sites is 2. The Hall–Kier alpha value is -6.16. The lowest BCUT2D eigenvalue weighted by Crippen LogP contribution is -2.49. The van der Waals surface area contributed by atoms with E-state index >= 15 is 0 Å². The molecule has 2 fully saturated rings. The van der Waals surface area contributed by atoms with Gasteiger partial charge in [0.1, 0.15) is 34.2 Å². The summed E-state index contributed by atoms with van der Waals surface area (Å²) in [5.74, 6) is 3.34. The van der Waals surface area contributed by atoms with Crippen molar-refractivity contribution in [2.75, 3.05) is 52.4 Å². The fourth-order valence-electron chi connectivity index (χ4n) is 7.91. The Balaban J connectivity index is 0.000000228. The summed E-state index contributed by atoms with van der Waals surface area (Å²) in [6.07, 6.45) is -0.466. The van der Waals surface area contributed by atoms with Gasteiger partial charge in [-0.3, -0.25) is 9.80 Å². The van der Waals surface area contributed by atoms with Crippen LogP contribution in [0.3, 0.4) is 0 Å². The number of rotatable bonds is 10. The third-order valence-electron chi connectivity index (χ3n) is 11.6. The molecule has 0 radical (unpaired) electrons. The maximum absolute atomic E-state index is 12.4. The van der Waals surface area contributed by atoms with Crippen molar-refractivity contribution in [2.24, 2.45) is 0 Å². The normalized spacial score (nSPS) is 14.0. The molecule has 6 aromatic carbocycles. The zero-order valence-electron chi connectivity index (χ0n) is 43.0. The molecule has 0 saturated carbocycles. The molecule has 2 aliphatic rings. The van der Waals surface area contributed by atoms with E-state index in [2.05, 4.69) is 81.2 Å². The number of halogens is 1. The molecular formula is C59H74BBrN4O8. The van der Waals surface area contributed by atoms with Gasteiger partial charge in [0.25, 0.3) is 0 Å². The van der Waals surface area contributed by atoms with Crippen LogP contribution in [0.1, 0.15) is 71.2 Å². The van der Waals surface area contributed by atoms with Gasteiger partial charge in [0.2, 0.25) is 0 Å². The summed E-state index contributed by atoms with van der Waals surface area (Å²) in [6, 6.07) is 47.9. The smallest absolute Gasteiger partial charge is 0.457 e. The van der Waals surface area contributed by atoms with Crippen molar-refractivity contribution in [3.63, 3.8) is 0 Å². The lowest BCUT2D eigenvalue weighted by Gasteiger charge is -2.35. The van der Waals surface area contributed by atoms with Crippen molar-refractivity contribution in [1.82, 2.24) is 19.6 Å². The van der Waals surface area contributed by atoms with E-state index in [0.717, 1.165) is 89.0 Å². The molecule has 73 heavy (non-hydrogen) atoms. The minimum absolute atomic E-state index is 0. The van der Waals surface area contributed by atoms with Gasteiger partial charge >= 0.3 is 19.3 Å². The molecule has 2 heterocycles. The highest BCUT2D eigenvalue weighted by Crippen LogP contribution is 2.33. The van der Waals surface area contributed by atoms with Crippen molar-refractivity contribution in [3.8, 4) is 34.1 Å². The maximum Gasteiger partial charge on any atom is 0.488 e. The van der Waals surface area contributed by atoms with Crippen molar-refractivity contribution in [2.45, 2.75) is 87.1 Å². The molecule has 0 unspecified atom stereocenters. The SMILES string of the molecule is C.CC(C)(C)OC(=O)N1CCN(Cc2ccc(Br)cc2Oc2ccccc2)CC1.Cc1cccc(-c2ccc(CN3CCN(C(=O)OC(C)(C)C)CC3)c(Oc3ccccc3)c2)c1.Cc1cccc(B(O)O)c1. The van der Waals surface area contributed by atoms with Gasteiger partial charge < -0.3 is 38.8 Å². The third kappa shape index (κ3) is 19.3. The van der Waals surface area contributed by atoms with E-state index in [0.29, 0.717) is 31.6 Å². The standard InChI is InChI=1S/C29H34N2O3.C22H27BrN2O3.C7H9BO2.CH4/c1-22-9-8-10-23(19-22)24-13-14-25(27(20-24)33-26-11-6-5-7-12-26)21-30-15-17-31(18-16-30)28(32)34-29(2,3)4;1-22(2,3)28-21(26)25-13-11-24(12-14-25)16-17-9-10-18(23)15-20(17)27-19-7-5-4-6-8-19;1-6-3-2-4-7(5-6)8(9)10;/h5-14,19-20H,15-18,21H2,1-4H3;4-10,15H,11-14,16H2,1-3H3;2-5,9-10H,1H3;1H4. The van der Waals surface area contributed by atoms with E-state index < -0.39 is 18.3 Å². The van der Waals surface area contributed by atoms with Crippen LogP contribution in [-0.2, 0) is 22.6 Å². The average molecular weight is 1060 g/mol. The van der Waals surface area contributed by atoms with Crippen molar-refractivity contribution < 1.29 is 38.6 Å². The number of piperazine rings is 2. The highest BCUT2D eigenvalue weighted by molar-refractivity contribution is 9.10. The summed E-state index contributed by atoms with van der Waals surface area (Å²) in [6.45, 7) is 22.8. The first-order chi connectivity index (χ1) is 34.3. The first-order valence-electron chi connectivity index (χ1n) is 24.5. The first-order valence-corrected chi connectivity index (χ1v) is 25.3. The van der Waals surface area contributed by atoms with Gasteiger partial charge in [-0.2, -0.15) is 0 Å². The predicted molar refractivity (Wildman–Crippen MR) is 298 cm³/mol. The molecule has 8 rings (SSSR count). The van der Waals surface area contributed by atoms with E-state index in [1.54, 1.807) is 28.0 Å². The molecule has 2 amide bonds. The molecular weight excluding hydrogens is 983 g/mol. The number of carbonyl (C=O) groups is 2. The fourth-order valence-corrected chi connectivity index (χ4v) is 8.25. The Labute approximate surface area is 442 Å². The zero-order chi connectivity index (χ0) is 51.8. The van der Waals surface area contributed by atoms with Gasteiger partial charge in [0.05, 0.1) is 0 Å². The molecule has 2 saturated heterocycles. The van der Waals surface area contributed by atoms with E-state index in [-0.39, 0.29) is 19.6 Å². The molecule has 388 valence electrons. The monoisotopic (exact) mass is 1060 g/mol. The molecule has 2 aliphatic heterocycles. The van der Waals surface area contributed by atoms with E-state index in [4.69, 9.17) is 29.0 Å². The molecule has 0 spiro atoms. The Morgan fingerprint density at radius 1 is 0.521 bits per heavy atom. The molecule has 12 nitrogen and oxygen atoms in total. The lowest BCUT2D eigenvalue weighted by atomic mass is 9.80. The predicted octanol–water partition coefficient (Wildman–Crippen LogP) is 12.1. The quantitative estimate of drug-likeness (QED) is 0.128. The molecule has 0 bridgehead atoms. The molecule has 2 N–H and O–H groups in total. The summed E-state index contributed by atoms with van der Waals surface area (Å²) in [4.78, 5) is 32.9. The first kappa shape index (κ1) is 57.7. The Bertz CT molecular complexity index is 2660. The van der Waals surface area contributed by atoms with Crippen LogP contribution in [0.15, 0.2) is 150 Å². The number of nitrogens with zero attached hydrogens (tertiary/aromatic N) is 4. The van der Waals surface area contributed by atoms with Gasteiger partial charge in [0.15, 0.2) is 0 Å². The van der Waals surface area contributed by atoms with E-state index in [1.807, 2.05) is 127 Å². The summed E-state index contributed by atoms with van der Waals surface area (Å²) in [5, 5.41) is 17.4. The fraction of sp³-hybridized carbons (Fsp3) is 0.356. The van der Waals surface area contributed by atoms with Crippen LogP contribution in [-0.4, -0.2) is 113 Å². The second kappa shape index (κ2) is 27.2. The number of aryl methyl sites for hydroxylation is 2. The second-order valence-corrected chi connectivity index (χ2v) is 21.0. The maximum atomic E-state index is 12.4. The van der Waals surface area contributed by atoms with Crippen LogP contribution in [0.4, 0.5) is 9.59 Å². The van der Waals surface area contributed by atoms with Crippen LogP contribution >= 0.6 is 15.9 Å². The molecule has 14 heteroatoms. The number of hydrogen-bond donors (Lipinski definition) is 2. The topological polar surface area (TPSA) is 124 Å². The summed E-state index contributed by atoms with van der Waals surface area (Å²) in [5.41, 5.74) is 6.43. The Kier molecular flexibility index (Phi) is 21.5. The van der Waals surface area contributed by atoms with Gasteiger partial charge in [-0.05, 0) is 114 Å². The Morgan fingerprint density at radius 2 is 0.945 bits per heavy atom. The van der Waals surface area contributed by atoms with Crippen LogP contribution < -0.4 is 14.9 Å². The van der Waals surface area contributed by atoms with Crippen molar-refractivity contribution in [3.05, 3.63) is 172 Å². The number of carbonyl (C=O) groups excluding carboxylic acids is 2. The number of ether oxygens (including phenoxy) is 4. The summed E-state index contributed by atoms with van der Waals surface area (Å²) >= 11 is 3.53. The number of benzene rings is 6. The van der Waals surface area contributed by atoms with Crippen LogP contribution in [0.5, 0.6) is 23.0 Å². The molecule has 0 aromatic heterocycles. The minimum atomic E-state index is -1.35. The number of amides is 2. The summed E-state index contributed by atoms with van der Waals surface area (Å²) in [7, 11) is -1.35. The Morgan fingerprint density at radius 3 is 1.37 bits per heavy atom. The highest BCUT2D eigenvalue weighted by atomic mass is 79.9. The van der Waals surface area contributed by atoms with Crippen LogP contribution in [0.25, 0.3) is 11.1 Å². The van der Waals surface area contributed by atoms with Crippen LogP contribution in [0, 0.1) is 13.8 Å². The molecule has 6 aromatic rings. The molecule has 0 atom stereocenters. The third-order valence-corrected chi connectivity index (χ3v) is 12.1. The largest absolute Gasteiger partial charge is 0.488 e. The van der Waals surface area contributed by atoms with Gasteiger partial charge in [-0.15, -0.1) is 0 Å². The van der Waals surface area contributed by atoms with Crippen molar-refractivity contribution >= 4 is 40.7 Å². The second-order valence-electron chi connectivity index (χ2n) is 20.0. The lowest BCUT2D eigenvalue weighted by molar-refractivity contribution is 0.0129. The van der Waals surface area contributed by atoms with E-state index in [9.17, 15) is 9.59 Å². The van der Waals surface area contributed by atoms with E-state index in [1.165, 1.54) is 11.1 Å². The number of hydrogen-bond acceptors (Lipinski definition) is 10. The van der Waals surface area contributed by atoms with Crippen molar-refractivity contribution in [1.29, 1.82) is 0 Å². The van der Waals surface area contributed by atoms with Gasteiger partial charge in [-0.25, -0.2) is 9.59 Å².